The topological polar surface area (TPSA) is 87.6 Å². The Morgan fingerprint density at radius 2 is 1.69 bits per heavy atom. The van der Waals surface area contributed by atoms with Gasteiger partial charge in [-0.2, -0.15) is 0 Å². The highest BCUT2D eigenvalue weighted by molar-refractivity contribution is 7.90. The lowest BCUT2D eigenvalue weighted by Crippen LogP contribution is -2.30. The number of hydrogen-bond acceptors (Lipinski definition) is 5. The maximum atomic E-state index is 12.6. The highest BCUT2D eigenvalue weighted by Gasteiger charge is 2.18. The van der Waals surface area contributed by atoms with Gasteiger partial charge in [-0.3, -0.25) is 14.5 Å². The maximum Gasteiger partial charge on any atom is 0.265 e. The predicted octanol–water partition coefficient (Wildman–Crippen LogP) is 5.57. The van der Waals surface area contributed by atoms with E-state index in [0.717, 1.165) is 29.7 Å². The lowest BCUT2D eigenvalue weighted by Gasteiger charge is -2.10. The minimum atomic E-state index is -3.70. The Hall–Kier alpha value is -2.68. The molecule has 2 N–H and O–H groups in total. The third-order valence-corrected chi connectivity index (χ3v) is 7.79. The number of amidine groups is 1. The Morgan fingerprint density at radius 1 is 0.938 bits per heavy atom. The number of benzene rings is 2. The van der Waals surface area contributed by atoms with Gasteiger partial charge in [-0.15, -0.1) is 11.3 Å². The zero-order chi connectivity index (χ0) is 22.6. The summed E-state index contributed by atoms with van der Waals surface area (Å²) < 4.78 is 27.9. The molecule has 0 atom stereocenters. The third-order valence-electron chi connectivity index (χ3n) is 5.01. The molecule has 0 saturated heterocycles. The summed E-state index contributed by atoms with van der Waals surface area (Å²) in [6.07, 6.45) is 3.58. The van der Waals surface area contributed by atoms with E-state index < -0.39 is 10.0 Å². The van der Waals surface area contributed by atoms with Crippen LogP contribution in [0.3, 0.4) is 0 Å². The first kappa shape index (κ1) is 22.5. The molecule has 1 aliphatic rings. The Labute approximate surface area is 196 Å². The predicted molar refractivity (Wildman–Crippen MR) is 130 cm³/mol. The molecule has 4 rings (SSSR count). The van der Waals surface area contributed by atoms with Gasteiger partial charge < -0.3 is 5.32 Å². The quantitative estimate of drug-likeness (QED) is 0.493. The fourth-order valence-electron chi connectivity index (χ4n) is 3.31. The van der Waals surface area contributed by atoms with Crippen LogP contribution in [-0.4, -0.2) is 26.7 Å². The number of halogens is 1. The molecule has 0 aliphatic carbocycles. The maximum absolute atomic E-state index is 12.6. The number of amides is 1. The van der Waals surface area contributed by atoms with Crippen LogP contribution < -0.4 is 10.0 Å². The normalized spacial score (nSPS) is 14.3. The molecule has 166 valence electrons. The molecule has 1 amide bonds. The molecule has 1 aromatic heterocycles. The van der Waals surface area contributed by atoms with Crippen molar-refractivity contribution in [2.24, 2.45) is 4.99 Å². The van der Waals surface area contributed by atoms with Gasteiger partial charge in [0.2, 0.25) is 0 Å². The van der Waals surface area contributed by atoms with Gasteiger partial charge in [-0.25, -0.2) is 8.42 Å². The standard InChI is InChI=1S/C23H22ClN3O3S2/c24-17-7-5-16(6-8-17)20-13-14-21(31-20)23(28)26-18-9-11-19(12-10-18)32(29,30)27-22-4-2-1-3-15-25-22/h5-14H,1-4,15H2,(H,25,27)(H,26,28). The zero-order valence-electron chi connectivity index (χ0n) is 17.2. The van der Waals surface area contributed by atoms with Gasteiger partial charge in [0.05, 0.1) is 9.77 Å². The van der Waals surface area contributed by atoms with Gasteiger partial charge in [0.15, 0.2) is 0 Å². The molecule has 32 heavy (non-hydrogen) atoms. The van der Waals surface area contributed by atoms with E-state index in [0.29, 0.717) is 34.4 Å². The second kappa shape index (κ2) is 9.85. The van der Waals surface area contributed by atoms with E-state index in [1.165, 1.54) is 23.5 Å². The minimum absolute atomic E-state index is 0.128. The molecular weight excluding hydrogens is 466 g/mol. The van der Waals surface area contributed by atoms with E-state index in [4.69, 9.17) is 11.6 Å². The van der Waals surface area contributed by atoms with Crippen molar-refractivity contribution in [2.45, 2.75) is 30.6 Å². The SMILES string of the molecule is O=C(Nc1ccc(S(=O)(=O)NC2=NCCCCC2)cc1)c1ccc(-c2ccc(Cl)cc2)s1. The van der Waals surface area contributed by atoms with Crippen molar-refractivity contribution >= 4 is 50.4 Å². The molecule has 0 spiro atoms. The summed E-state index contributed by atoms with van der Waals surface area (Å²) in [5, 5.41) is 3.47. The second-order valence-corrected chi connectivity index (χ2v) is 10.6. The molecular formula is C23H22ClN3O3S2. The molecule has 0 radical (unpaired) electrons. The Morgan fingerprint density at radius 3 is 2.44 bits per heavy atom. The highest BCUT2D eigenvalue weighted by atomic mass is 35.5. The molecule has 2 heterocycles. The number of aliphatic imine (C=N–C) groups is 1. The molecule has 0 bridgehead atoms. The molecule has 0 unspecified atom stereocenters. The smallest absolute Gasteiger partial charge is 0.265 e. The third kappa shape index (κ3) is 5.56. The van der Waals surface area contributed by atoms with Gasteiger partial charge in [0, 0.05) is 28.6 Å². The van der Waals surface area contributed by atoms with Crippen LogP contribution in [0, 0.1) is 0 Å². The van der Waals surface area contributed by atoms with E-state index in [2.05, 4.69) is 15.0 Å². The van der Waals surface area contributed by atoms with Crippen molar-refractivity contribution in [2.75, 3.05) is 11.9 Å². The van der Waals surface area contributed by atoms with Crippen molar-refractivity contribution in [3.63, 3.8) is 0 Å². The lowest BCUT2D eigenvalue weighted by atomic mass is 10.2. The molecule has 3 aromatic rings. The van der Waals surface area contributed by atoms with E-state index in [-0.39, 0.29) is 10.8 Å². The number of hydrogen-bond donors (Lipinski definition) is 2. The zero-order valence-corrected chi connectivity index (χ0v) is 19.6. The number of rotatable bonds is 5. The summed E-state index contributed by atoms with van der Waals surface area (Å²) >= 11 is 7.30. The van der Waals surface area contributed by atoms with Crippen LogP contribution in [0.2, 0.25) is 5.02 Å². The lowest BCUT2D eigenvalue weighted by molar-refractivity contribution is 0.103. The van der Waals surface area contributed by atoms with Gasteiger partial charge in [-0.1, -0.05) is 30.2 Å². The number of anilines is 1. The summed E-state index contributed by atoms with van der Waals surface area (Å²) in [5.41, 5.74) is 1.50. The van der Waals surface area contributed by atoms with Crippen LogP contribution in [0.4, 0.5) is 5.69 Å². The van der Waals surface area contributed by atoms with Crippen LogP contribution >= 0.6 is 22.9 Å². The van der Waals surface area contributed by atoms with E-state index in [9.17, 15) is 13.2 Å². The highest BCUT2D eigenvalue weighted by Crippen LogP contribution is 2.29. The van der Waals surface area contributed by atoms with Crippen molar-refractivity contribution in [1.29, 1.82) is 0 Å². The van der Waals surface area contributed by atoms with Crippen molar-refractivity contribution in [3.8, 4) is 10.4 Å². The average Bonchev–Trinajstić information content (AvgIpc) is 3.14. The molecule has 1 aliphatic heterocycles. The first-order valence-corrected chi connectivity index (χ1v) is 12.9. The molecule has 6 nitrogen and oxygen atoms in total. The molecule has 0 saturated carbocycles. The Balaban J connectivity index is 1.41. The molecule has 0 fully saturated rings. The Kier molecular flexibility index (Phi) is 6.93. The first-order chi connectivity index (χ1) is 15.4. The largest absolute Gasteiger partial charge is 0.321 e. The van der Waals surface area contributed by atoms with Crippen LogP contribution in [0.25, 0.3) is 10.4 Å². The van der Waals surface area contributed by atoms with Crippen LogP contribution in [0.15, 0.2) is 70.6 Å². The monoisotopic (exact) mass is 487 g/mol. The van der Waals surface area contributed by atoms with Gasteiger partial charge in [0.1, 0.15) is 5.84 Å². The van der Waals surface area contributed by atoms with Crippen molar-refractivity contribution in [1.82, 2.24) is 4.72 Å². The molecule has 9 heteroatoms. The van der Waals surface area contributed by atoms with Gasteiger partial charge >= 0.3 is 0 Å². The fourth-order valence-corrected chi connectivity index (χ4v) is 5.43. The summed E-state index contributed by atoms with van der Waals surface area (Å²) in [4.78, 5) is 18.6. The number of carbonyl (C=O) groups is 1. The summed E-state index contributed by atoms with van der Waals surface area (Å²) in [6.45, 7) is 0.644. The number of thiophene rings is 1. The van der Waals surface area contributed by atoms with Crippen LogP contribution in [0.5, 0.6) is 0 Å². The van der Waals surface area contributed by atoms with Crippen LogP contribution in [0.1, 0.15) is 35.4 Å². The summed E-state index contributed by atoms with van der Waals surface area (Å²) in [5.74, 6) is 0.255. The number of nitrogens with zero attached hydrogens (tertiary/aromatic N) is 1. The minimum Gasteiger partial charge on any atom is -0.321 e. The van der Waals surface area contributed by atoms with E-state index in [1.807, 2.05) is 30.3 Å². The van der Waals surface area contributed by atoms with Gasteiger partial charge in [-0.05, 0) is 66.9 Å². The first-order valence-electron chi connectivity index (χ1n) is 10.2. The number of carbonyl (C=O) groups excluding carboxylic acids is 1. The Bertz CT molecular complexity index is 1230. The summed E-state index contributed by atoms with van der Waals surface area (Å²) in [6, 6.07) is 17.2. The number of sulfonamides is 1. The van der Waals surface area contributed by atoms with E-state index >= 15 is 0 Å². The average molecular weight is 488 g/mol. The van der Waals surface area contributed by atoms with Gasteiger partial charge in [0.25, 0.3) is 15.9 Å². The van der Waals surface area contributed by atoms with Crippen molar-refractivity contribution < 1.29 is 13.2 Å². The fraction of sp³-hybridized carbons (Fsp3) is 0.217. The van der Waals surface area contributed by atoms with Crippen LogP contribution in [-0.2, 0) is 10.0 Å². The second-order valence-electron chi connectivity index (χ2n) is 7.39. The number of nitrogens with one attached hydrogen (secondary N) is 2. The molecule has 2 aromatic carbocycles. The van der Waals surface area contributed by atoms with E-state index in [1.54, 1.807) is 18.2 Å². The summed E-state index contributed by atoms with van der Waals surface area (Å²) in [7, 11) is -3.70. The van der Waals surface area contributed by atoms with Crippen molar-refractivity contribution in [3.05, 3.63) is 70.6 Å².